The van der Waals surface area contributed by atoms with Crippen LogP contribution in [0.3, 0.4) is 0 Å². The van der Waals surface area contributed by atoms with Gasteiger partial charge in [0, 0.05) is 6.20 Å². The number of nitrogens with zero attached hydrogens (tertiary/aromatic N) is 1. The van der Waals surface area contributed by atoms with Crippen molar-refractivity contribution in [1.29, 1.82) is 0 Å². The summed E-state index contributed by atoms with van der Waals surface area (Å²) in [5.41, 5.74) is 1.11. The van der Waals surface area contributed by atoms with Gasteiger partial charge in [-0.25, -0.2) is 4.98 Å². The lowest BCUT2D eigenvalue weighted by atomic mass is 10.2. The van der Waals surface area contributed by atoms with Crippen LogP contribution < -0.4 is 4.74 Å². The van der Waals surface area contributed by atoms with Crippen LogP contribution in [0.4, 0.5) is 0 Å². The molecule has 0 spiro atoms. The lowest BCUT2D eigenvalue weighted by molar-refractivity contribution is 0.302. The Balaban J connectivity index is 2.11. The third-order valence-corrected chi connectivity index (χ3v) is 3.11. The molecule has 82 valence electrons. The van der Waals surface area contributed by atoms with Gasteiger partial charge >= 0.3 is 0 Å². The van der Waals surface area contributed by atoms with E-state index in [0.29, 0.717) is 17.4 Å². The Bertz CT molecular complexity index is 455. The monoisotopic (exact) mass is 345 g/mol. The van der Waals surface area contributed by atoms with Gasteiger partial charge in [0.15, 0.2) is 5.75 Å². The highest BCUT2D eigenvalue weighted by molar-refractivity contribution is 14.1. The van der Waals surface area contributed by atoms with Crippen LogP contribution in [0.2, 0.25) is 5.02 Å². The minimum atomic E-state index is 0.502. The van der Waals surface area contributed by atoms with E-state index in [1.807, 2.05) is 30.3 Å². The molecule has 0 atom stereocenters. The van der Waals surface area contributed by atoms with Gasteiger partial charge in [-0.15, -0.1) is 0 Å². The normalized spacial score (nSPS) is 10.1. The molecule has 2 rings (SSSR count). The second-order valence-electron chi connectivity index (χ2n) is 3.19. The Labute approximate surface area is 113 Å². The van der Waals surface area contributed by atoms with E-state index in [1.165, 1.54) is 0 Å². The highest BCUT2D eigenvalue weighted by atomic mass is 127. The molecule has 16 heavy (non-hydrogen) atoms. The Morgan fingerprint density at radius 2 is 1.94 bits per heavy atom. The number of hydrogen-bond acceptors (Lipinski definition) is 2. The number of benzene rings is 1. The highest BCUT2D eigenvalue weighted by Gasteiger charge is 2.07. The number of rotatable bonds is 3. The number of aromatic nitrogens is 1. The standard InChI is InChI=1S/C12H9ClINO/c13-10-6-7-15-12(14)11(10)16-8-9-4-2-1-3-5-9/h1-7H,8H2. The predicted molar refractivity (Wildman–Crippen MR) is 72.7 cm³/mol. The van der Waals surface area contributed by atoms with Gasteiger partial charge in [-0.2, -0.15) is 0 Å². The van der Waals surface area contributed by atoms with E-state index in [4.69, 9.17) is 16.3 Å². The number of halogens is 2. The summed E-state index contributed by atoms with van der Waals surface area (Å²) in [5.74, 6) is 0.647. The molecule has 1 heterocycles. The van der Waals surface area contributed by atoms with Gasteiger partial charge in [0.05, 0.1) is 5.02 Å². The molecule has 0 saturated carbocycles. The molecule has 0 amide bonds. The zero-order valence-electron chi connectivity index (χ0n) is 8.36. The van der Waals surface area contributed by atoms with Crippen molar-refractivity contribution >= 4 is 34.2 Å². The second kappa shape index (κ2) is 5.50. The zero-order chi connectivity index (χ0) is 11.4. The van der Waals surface area contributed by atoms with Crippen molar-refractivity contribution in [3.63, 3.8) is 0 Å². The fourth-order valence-electron chi connectivity index (χ4n) is 1.26. The fraction of sp³-hybridized carbons (Fsp3) is 0.0833. The minimum absolute atomic E-state index is 0.502. The van der Waals surface area contributed by atoms with Crippen molar-refractivity contribution in [3.8, 4) is 5.75 Å². The van der Waals surface area contributed by atoms with Crippen molar-refractivity contribution in [3.05, 3.63) is 56.9 Å². The fourth-order valence-corrected chi connectivity index (χ4v) is 2.23. The first-order valence-electron chi connectivity index (χ1n) is 4.74. The summed E-state index contributed by atoms with van der Waals surface area (Å²) in [6, 6.07) is 11.7. The first-order valence-corrected chi connectivity index (χ1v) is 6.20. The van der Waals surface area contributed by atoms with E-state index in [0.717, 1.165) is 9.26 Å². The molecule has 1 aromatic carbocycles. The third kappa shape index (κ3) is 2.86. The molecule has 0 bridgehead atoms. The summed E-state index contributed by atoms with van der Waals surface area (Å²) in [6.45, 7) is 0.502. The average Bonchev–Trinajstić information content (AvgIpc) is 2.30. The van der Waals surface area contributed by atoms with Crippen LogP contribution in [-0.4, -0.2) is 4.98 Å². The van der Waals surface area contributed by atoms with Crippen LogP contribution in [0.15, 0.2) is 42.6 Å². The number of ether oxygens (including phenoxy) is 1. The molecule has 0 fully saturated rings. The van der Waals surface area contributed by atoms with E-state index < -0.39 is 0 Å². The highest BCUT2D eigenvalue weighted by Crippen LogP contribution is 2.28. The van der Waals surface area contributed by atoms with Crippen LogP contribution in [0.1, 0.15) is 5.56 Å². The lowest BCUT2D eigenvalue weighted by Crippen LogP contribution is -1.98. The van der Waals surface area contributed by atoms with Crippen LogP contribution in [0.5, 0.6) is 5.75 Å². The topological polar surface area (TPSA) is 22.1 Å². The number of hydrogen-bond donors (Lipinski definition) is 0. The quantitative estimate of drug-likeness (QED) is 0.621. The third-order valence-electron chi connectivity index (χ3n) is 2.04. The summed E-state index contributed by atoms with van der Waals surface area (Å²) in [4.78, 5) is 4.13. The summed E-state index contributed by atoms with van der Waals surface area (Å²) in [6.07, 6.45) is 1.67. The predicted octanol–water partition coefficient (Wildman–Crippen LogP) is 3.92. The van der Waals surface area contributed by atoms with Crippen LogP contribution in [0.25, 0.3) is 0 Å². The molecule has 0 aliphatic carbocycles. The maximum absolute atomic E-state index is 6.03. The summed E-state index contributed by atoms with van der Waals surface area (Å²) in [7, 11) is 0. The maximum Gasteiger partial charge on any atom is 0.170 e. The van der Waals surface area contributed by atoms with Gasteiger partial charge in [-0.3, -0.25) is 0 Å². The van der Waals surface area contributed by atoms with Gasteiger partial charge in [0.1, 0.15) is 10.3 Å². The Kier molecular flexibility index (Phi) is 4.01. The van der Waals surface area contributed by atoms with E-state index in [1.54, 1.807) is 12.3 Å². The summed E-state index contributed by atoms with van der Waals surface area (Å²) < 4.78 is 6.43. The molecule has 0 radical (unpaired) electrons. The molecular formula is C12H9ClINO. The van der Waals surface area contributed by atoms with Crippen LogP contribution in [-0.2, 0) is 6.61 Å². The van der Waals surface area contributed by atoms with Gasteiger partial charge in [-0.1, -0.05) is 41.9 Å². The average molecular weight is 346 g/mol. The molecule has 4 heteroatoms. The molecular weight excluding hydrogens is 336 g/mol. The molecule has 2 nitrogen and oxygen atoms in total. The Morgan fingerprint density at radius 3 is 2.62 bits per heavy atom. The van der Waals surface area contributed by atoms with Gasteiger partial charge in [0.2, 0.25) is 0 Å². The molecule has 0 aliphatic heterocycles. The van der Waals surface area contributed by atoms with Crippen molar-refractivity contribution in [2.45, 2.75) is 6.61 Å². The molecule has 2 aromatic rings. The zero-order valence-corrected chi connectivity index (χ0v) is 11.3. The molecule has 0 aliphatic rings. The van der Waals surface area contributed by atoms with Crippen LogP contribution in [0, 0.1) is 3.70 Å². The smallest absolute Gasteiger partial charge is 0.170 e. The lowest BCUT2D eigenvalue weighted by Gasteiger charge is -2.08. The molecule has 0 N–H and O–H groups in total. The van der Waals surface area contributed by atoms with Gasteiger partial charge in [-0.05, 0) is 34.2 Å². The van der Waals surface area contributed by atoms with Crippen molar-refractivity contribution in [2.24, 2.45) is 0 Å². The van der Waals surface area contributed by atoms with Crippen molar-refractivity contribution < 1.29 is 4.74 Å². The van der Waals surface area contributed by atoms with E-state index >= 15 is 0 Å². The molecule has 0 unspecified atom stereocenters. The summed E-state index contributed by atoms with van der Waals surface area (Å²) >= 11 is 8.13. The molecule has 1 aromatic heterocycles. The minimum Gasteiger partial charge on any atom is -0.485 e. The first kappa shape index (κ1) is 11.7. The van der Waals surface area contributed by atoms with Crippen LogP contribution >= 0.6 is 34.2 Å². The first-order chi connectivity index (χ1) is 7.77. The van der Waals surface area contributed by atoms with E-state index in [-0.39, 0.29) is 0 Å². The Hall–Kier alpha value is -0.810. The van der Waals surface area contributed by atoms with Gasteiger partial charge in [0.25, 0.3) is 0 Å². The second-order valence-corrected chi connectivity index (χ2v) is 4.62. The van der Waals surface area contributed by atoms with Gasteiger partial charge < -0.3 is 4.74 Å². The van der Waals surface area contributed by atoms with E-state index in [2.05, 4.69) is 27.6 Å². The largest absolute Gasteiger partial charge is 0.485 e. The van der Waals surface area contributed by atoms with Crippen molar-refractivity contribution in [1.82, 2.24) is 4.98 Å². The van der Waals surface area contributed by atoms with E-state index in [9.17, 15) is 0 Å². The maximum atomic E-state index is 6.03. The van der Waals surface area contributed by atoms with Crippen molar-refractivity contribution in [2.75, 3.05) is 0 Å². The Morgan fingerprint density at radius 1 is 1.19 bits per heavy atom. The molecule has 0 saturated heterocycles. The SMILES string of the molecule is Clc1ccnc(I)c1OCc1ccccc1. The summed E-state index contributed by atoms with van der Waals surface area (Å²) in [5, 5.41) is 0.593. The number of pyridine rings is 1.